The largest absolute Gasteiger partial charge is 0.450 e. The molecule has 1 aliphatic heterocycles. The number of hydrogen-bond acceptors (Lipinski definition) is 4. The molecule has 1 aromatic carbocycles. The van der Waals surface area contributed by atoms with Crippen LogP contribution in [0.15, 0.2) is 29.3 Å². The van der Waals surface area contributed by atoms with Gasteiger partial charge in [0.1, 0.15) is 5.82 Å². The number of carbonyl (C=O) groups excluding carboxylic acids is 2. The van der Waals surface area contributed by atoms with Gasteiger partial charge in [-0.3, -0.25) is 4.79 Å². The predicted molar refractivity (Wildman–Crippen MR) is 109 cm³/mol. The quantitative estimate of drug-likeness (QED) is 0.552. The summed E-state index contributed by atoms with van der Waals surface area (Å²) in [4.78, 5) is 31.5. The minimum Gasteiger partial charge on any atom is -0.450 e. The van der Waals surface area contributed by atoms with Crippen LogP contribution < -0.4 is 10.6 Å². The normalized spacial score (nSPS) is 15.0. The molecule has 1 aromatic rings. The van der Waals surface area contributed by atoms with Crippen molar-refractivity contribution < 1.29 is 18.7 Å². The maximum absolute atomic E-state index is 13.1. The fourth-order valence-corrected chi connectivity index (χ4v) is 2.84. The average Bonchev–Trinajstić information content (AvgIpc) is 2.71. The highest BCUT2D eigenvalue weighted by Gasteiger charge is 2.24. The Balaban J connectivity index is 1.95. The van der Waals surface area contributed by atoms with Crippen LogP contribution in [0, 0.1) is 5.82 Å². The van der Waals surface area contributed by atoms with Crippen LogP contribution >= 0.6 is 0 Å². The molecule has 0 unspecified atom stereocenters. The predicted octanol–water partition coefficient (Wildman–Crippen LogP) is 1.57. The molecule has 9 heteroatoms. The number of likely N-dealkylation sites (N-methyl/N-ethyl adjacent to an activating group) is 1. The third kappa shape index (κ3) is 7.59. The van der Waals surface area contributed by atoms with Crippen molar-refractivity contribution in [3.8, 4) is 0 Å². The second-order valence-electron chi connectivity index (χ2n) is 7.04. The number of piperidine rings is 1. The zero-order chi connectivity index (χ0) is 21.2. The van der Waals surface area contributed by atoms with Crippen LogP contribution in [0.5, 0.6) is 0 Å². The van der Waals surface area contributed by atoms with E-state index in [-0.39, 0.29) is 30.4 Å². The SMILES string of the molecule is CCOC(=O)N1CCC(NC(=NCc2ccc(F)cc2)NCC(=O)N(C)C)CC1. The third-order valence-corrected chi connectivity index (χ3v) is 4.60. The molecule has 1 fully saturated rings. The van der Waals surface area contributed by atoms with Gasteiger partial charge in [0.2, 0.25) is 5.91 Å². The first kappa shape index (κ1) is 22.4. The molecule has 2 amide bonds. The van der Waals surface area contributed by atoms with Crippen LogP contribution in [-0.2, 0) is 16.1 Å². The van der Waals surface area contributed by atoms with Gasteiger partial charge in [0.25, 0.3) is 0 Å². The van der Waals surface area contributed by atoms with E-state index in [1.54, 1.807) is 38.1 Å². The Labute approximate surface area is 171 Å². The molecule has 1 aliphatic rings. The number of nitrogens with zero attached hydrogens (tertiary/aromatic N) is 3. The van der Waals surface area contributed by atoms with Crippen molar-refractivity contribution in [3.63, 3.8) is 0 Å². The molecule has 0 atom stereocenters. The number of ether oxygens (including phenoxy) is 1. The van der Waals surface area contributed by atoms with E-state index in [1.165, 1.54) is 17.0 Å². The smallest absolute Gasteiger partial charge is 0.409 e. The molecule has 0 spiro atoms. The zero-order valence-electron chi connectivity index (χ0n) is 17.3. The van der Waals surface area contributed by atoms with Crippen molar-refractivity contribution in [1.29, 1.82) is 0 Å². The fourth-order valence-electron chi connectivity index (χ4n) is 2.84. The van der Waals surface area contributed by atoms with Crippen LogP contribution in [0.1, 0.15) is 25.3 Å². The lowest BCUT2D eigenvalue weighted by atomic mass is 10.1. The summed E-state index contributed by atoms with van der Waals surface area (Å²) in [6.45, 7) is 3.81. The number of likely N-dealkylation sites (tertiary alicyclic amines) is 1. The summed E-state index contributed by atoms with van der Waals surface area (Å²) in [5, 5.41) is 6.39. The van der Waals surface area contributed by atoms with E-state index in [2.05, 4.69) is 15.6 Å². The molecule has 1 saturated heterocycles. The molecule has 0 saturated carbocycles. The first-order valence-corrected chi connectivity index (χ1v) is 9.80. The average molecular weight is 407 g/mol. The van der Waals surface area contributed by atoms with Gasteiger partial charge in [0, 0.05) is 33.2 Å². The summed E-state index contributed by atoms with van der Waals surface area (Å²) < 4.78 is 18.1. The topological polar surface area (TPSA) is 86.3 Å². The standard InChI is InChI=1S/C20H30FN5O3/c1-4-29-20(28)26-11-9-17(10-12-26)24-19(23-14-18(27)25(2)3)22-13-15-5-7-16(21)8-6-15/h5-8,17H,4,9-14H2,1-3H3,(H2,22,23,24). The van der Waals surface area contributed by atoms with Gasteiger partial charge in [0.15, 0.2) is 5.96 Å². The van der Waals surface area contributed by atoms with Crippen molar-refractivity contribution in [3.05, 3.63) is 35.6 Å². The van der Waals surface area contributed by atoms with E-state index in [0.717, 1.165) is 18.4 Å². The first-order valence-electron chi connectivity index (χ1n) is 9.80. The number of aliphatic imine (C=N–C) groups is 1. The number of benzene rings is 1. The Morgan fingerprint density at radius 3 is 2.48 bits per heavy atom. The molecule has 0 bridgehead atoms. The second-order valence-corrected chi connectivity index (χ2v) is 7.04. The van der Waals surface area contributed by atoms with Gasteiger partial charge >= 0.3 is 6.09 Å². The number of halogens is 1. The number of rotatable bonds is 6. The number of guanidine groups is 1. The van der Waals surface area contributed by atoms with Crippen LogP contribution in [0.2, 0.25) is 0 Å². The molecule has 1 heterocycles. The second kappa shape index (κ2) is 11.2. The summed E-state index contributed by atoms with van der Waals surface area (Å²) in [7, 11) is 3.38. The van der Waals surface area contributed by atoms with Crippen molar-refractivity contribution >= 4 is 18.0 Å². The van der Waals surface area contributed by atoms with Crippen LogP contribution in [-0.4, -0.2) is 74.1 Å². The van der Waals surface area contributed by atoms with Gasteiger partial charge in [-0.15, -0.1) is 0 Å². The maximum Gasteiger partial charge on any atom is 0.409 e. The van der Waals surface area contributed by atoms with Crippen molar-refractivity contribution in [2.24, 2.45) is 4.99 Å². The summed E-state index contributed by atoms with van der Waals surface area (Å²) >= 11 is 0. The summed E-state index contributed by atoms with van der Waals surface area (Å²) in [5.41, 5.74) is 0.864. The lowest BCUT2D eigenvalue weighted by Gasteiger charge is -2.32. The van der Waals surface area contributed by atoms with Crippen molar-refractivity contribution in [2.45, 2.75) is 32.4 Å². The zero-order valence-corrected chi connectivity index (χ0v) is 17.3. The molecule has 29 heavy (non-hydrogen) atoms. The van der Waals surface area contributed by atoms with E-state index in [4.69, 9.17) is 4.74 Å². The van der Waals surface area contributed by atoms with E-state index in [1.807, 2.05) is 0 Å². The van der Waals surface area contributed by atoms with Gasteiger partial charge in [-0.1, -0.05) is 12.1 Å². The first-order chi connectivity index (χ1) is 13.9. The molecule has 160 valence electrons. The van der Waals surface area contributed by atoms with Gasteiger partial charge in [-0.25, -0.2) is 14.2 Å². The number of carbonyl (C=O) groups is 2. The molecular weight excluding hydrogens is 377 g/mol. The Morgan fingerprint density at radius 2 is 1.90 bits per heavy atom. The minimum atomic E-state index is -0.292. The Morgan fingerprint density at radius 1 is 1.24 bits per heavy atom. The van der Waals surface area contributed by atoms with Crippen LogP contribution in [0.3, 0.4) is 0 Å². The molecule has 8 nitrogen and oxygen atoms in total. The van der Waals surface area contributed by atoms with Crippen molar-refractivity contribution in [1.82, 2.24) is 20.4 Å². The maximum atomic E-state index is 13.1. The van der Waals surface area contributed by atoms with Gasteiger partial charge < -0.3 is 25.2 Å². The van der Waals surface area contributed by atoms with Crippen molar-refractivity contribution in [2.75, 3.05) is 40.3 Å². The van der Waals surface area contributed by atoms with E-state index >= 15 is 0 Å². The summed E-state index contributed by atoms with van der Waals surface area (Å²) in [5.74, 6) is 0.150. The number of hydrogen-bond donors (Lipinski definition) is 2. The van der Waals surface area contributed by atoms with Gasteiger partial charge in [0.05, 0.1) is 19.7 Å². The minimum absolute atomic E-state index is 0.0709. The van der Waals surface area contributed by atoms with E-state index in [9.17, 15) is 14.0 Å². The molecular formula is C20H30FN5O3. The van der Waals surface area contributed by atoms with Gasteiger partial charge in [-0.05, 0) is 37.5 Å². The Hall–Kier alpha value is -2.84. The molecule has 0 aliphatic carbocycles. The lowest BCUT2D eigenvalue weighted by molar-refractivity contribution is -0.127. The highest BCUT2D eigenvalue weighted by atomic mass is 19.1. The summed E-state index contributed by atoms with van der Waals surface area (Å²) in [6, 6.07) is 6.27. The number of amides is 2. The van der Waals surface area contributed by atoms with Gasteiger partial charge in [-0.2, -0.15) is 0 Å². The molecule has 2 N–H and O–H groups in total. The Bertz CT molecular complexity index is 701. The molecule has 0 aromatic heterocycles. The van der Waals surface area contributed by atoms with Crippen LogP contribution in [0.25, 0.3) is 0 Å². The van der Waals surface area contributed by atoms with E-state index in [0.29, 0.717) is 32.2 Å². The Kier molecular flexibility index (Phi) is 8.69. The highest BCUT2D eigenvalue weighted by molar-refractivity contribution is 5.86. The number of nitrogens with one attached hydrogen (secondary N) is 2. The third-order valence-electron chi connectivity index (χ3n) is 4.60. The fraction of sp³-hybridized carbons (Fsp3) is 0.550. The summed E-state index contributed by atoms with van der Waals surface area (Å²) in [6.07, 6.45) is 1.21. The molecule has 0 radical (unpaired) electrons. The lowest BCUT2D eigenvalue weighted by Crippen LogP contribution is -2.51. The van der Waals surface area contributed by atoms with Crippen LogP contribution in [0.4, 0.5) is 9.18 Å². The highest BCUT2D eigenvalue weighted by Crippen LogP contribution is 2.12. The molecule has 2 rings (SSSR count). The van der Waals surface area contributed by atoms with E-state index < -0.39 is 0 Å². The monoisotopic (exact) mass is 407 g/mol.